The summed E-state index contributed by atoms with van der Waals surface area (Å²) < 4.78 is 0. The average molecular weight is 269 g/mol. The lowest BCUT2D eigenvalue weighted by molar-refractivity contribution is -0.135. The smallest absolute Gasteiger partial charge is 0.322 e. The lowest BCUT2D eigenvalue weighted by Crippen LogP contribution is -2.34. The highest BCUT2D eigenvalue weighted by Crippen LogP contribution is 2.11. The molecular weight excluding hydrogens is 254 g/mol. The maximum absolute atomic E-state index is 10.7. The maximum Gasteiger partial charge on any atom is 0.322 e. The quantitative estimate of drug-likeness (QED) is 0.589. The van der Waals surface area contributed by atoms with Gasteiger partial charge in [-0.25, -0.2) is 4.99 Å². The van der Waals surface area contributed by atoms with E-state index in [0.717, 1.165) is 11.4 Å². The van der Waals surface area contributed by atoms with Crippen LogP contribution in [-0.2, 0) is 4.79 Å². The van der Waals surface area contributed by atoms with Crippen molar-refractivity contribution in [3.8, 4) is 0 Å². The van der Waals surface area contributed by atoms with Gasteiger partial charge in [-0.2, -0.15) is 0 Å². The van der Waals surface area contributed by atoms with E-state index in [4.69, 9.17) is 5.11 Å². The predicted octanol–water partition coefficient (Wildman–Crippen LogP) is 2.46. The molecule has 5 heteroatoms. The summed E-state index contributed by atoms with van der Waals surface area (Å²) in [5, 5.41) is 14.6. The molecule has 0 aliphatic heterocycles. The van der Waals surface area contributed by atoms with Crippen LogP contribution in [0, 0.1) is 0 Å². The Hall–Kier alpha value is -2.82. The zero-order valence-electron chi connectivity index (χ0n) is 10.8. The molecule has 0 aliphatic carbocycles. The molecule has 0 saturated carbocycles. The number of carboxylic acid groups (broad SMARTS) is 1. The van der Waals surface area contributed by atoms with Crippen molar-refractivity contribution in [2.24, 2.45) is 4.99 Å². The first-order chi connectivity index (χ1) is 9.74. The Labute approximate surface area is 117 Å². The summed E-state index contributed by atoms with van der Waals surface area (Å²) in [5.74, 6) is -0.551. The number of para-hydroxylation sites is 2. The Morgan fingerprint density at radius 2 is 1.60 bits per heavy atom. The van der Waals surface area contributed by atoms with E-state index in [-0.39, 0.29) is 6.54 Å². The maximum atomic E-state index is 10.7. The van der Waals surface area contributed by atoms with Crippen LogP contribution in [-0.4, -0.2) is 23.6 Å². The summed E-state index contributed by atoms with van der Waals surface area (Å²) >= 11 is 0. The van der Waals surface area contributed by atoms with Gasteiger partial charge in [0, 0.05) is 5.69 Å². The van der Waals surface area contributed by atoms with Crippen LogP contribution in [0.3, 0.4) is 0 Å². The van der Waals surface area contributed by atoms with Crippen molar-refractivity contribution in [1.82, 2.24) is 5.32 Å². The van der Waals surface area contributed by atoms with Crippen LogP contribution in [0.2, 0.25) is 0 Å². The monoisotopic (exact) mass is 269 g/mol. The van der Waals surface area contributed by atoms with E-state index in [1.807, 2.05) is 60.7 Å². The molecule has 0 atom stereocenters. The molecule has 5 nitrogen and oxygen atoms in total. The molecule has 0 aromatic heterocycles. The largest absolute Gasteiger partial charge is 0.480 e. The minimum absolute atomic E-state index is 0.203. The highest BCUT2D eigenvalue weighted by Gasteiger charge is 2.03. The number of benzene rings is 2. The highest BCUT2D eigenvalue weighted by atomic mass is 16.4. The van der Waals surface area contributed by atoms with Crippen LogP contribution in [0.5, 0.6) is 0 Å². The fraction of sp³-hybridized carbons (Fsp3) is 0.0667. The molecule has 102 valence electrons. The Kier molecular flexibility index (Phi) is 4.72. The van der Waals surface area contributed by atoms with Crippen molar-refractivity contribution < 1.29 is 9.90 Å². The molecule has 0 spiro atoms. The summed E-state index contributed by atoms with van der Waals surface area (Å²) in [6.07, 6.45) is 0. The van der Waals surface area contributed by atoms with Crippen LogP contribution >= 0.6 is 0 Å². The lowest BCUT2D eigenvalue weighted by atomic mass is 10.3. The zero-order valence-corrected chi connectivity index (χ0v) is 10.8. The van der Waals surface area contributed by atoms with E-state index in [9.17, 15) is 4.79 Å². The number of rotatable bonds is 4. The molecule has 0 radical (unpaired) electrons. The van der Waals surface area contributed by atoms with E-state index in [1.165, 1.54) is 0 Å². The number of aliphatic imine (C=N–C) groups is 1. The van der Waals surface area contributed by atoms with E-state index in [1.54, 1.807) is 0 Å². The Balaban J connectivity index is 2.16. The normalized spacial score (nSPS) is 10.9. The van der Waals surface area contributed by atoms with Gasteiger partial charge in [0.15, 0.2) is 0 Å². The van der Waals surface area contributed by atoms with Crippen LogP contribution in [0.1, 0.15) is 0 Å². The number of carbonyl (C=O) groups is 1. The van der Waals surface area contributed by atoms with Gasteiger partial charge in [0.1, 0.15) is 6.54 Å². The minimum atomic E-state index is -0.944. The first-order valence-corrected chi connectivity index (χ1v) is 6.15. The van der Waals surface area contributed by atoms with Gasteiger partial charge in [0.05, 0.1) is 5.69 Å². The highest BCUT2D eigenvalue weighted by molar-refractivity contribution is 5.96. The van der Waals surface area contributed by atoms with Gasteiger partial charge in [-0.05, 0) is 24.3 Å². The average Bonchev–Trinajstić information content (AvgIpc) is 2.47. The topological polar surface area (TPSA) is 73.7 Å². The van der Waals surface area contributed by atoms with E-state index in [2.05, 4.69) is 15.6 Å². The molecule has 0 fully saturated rings. The van der Waals surface area contributed by atoms with Crippen LogP contribution < -0.4 is 10.6 Å². The second-order valence-electron chi connectivity index (χ2n) is 4.03. The number of aliphatic carboxylic acids is 1. The van der Waals surface area contributed by atoms with Gasteiger partial charge in [0.2, 0.25) is 5.96 Å². The summed E-state index contributed by atoms with van der Waals surface area (Å²) in [6, 6.07) is 18.8. The van der Waals surface area contributed by atoms with Gasteiger partial charge in [0.25, 0.3) is 0 Å². The van der Waals surface area contributed by atoms with Crippen molar-refractivity contribution in [2.45, 2.75) is 0 Å². The Morgan fingerprint density at radius 1 is 1.00 bits per heavy atom. The molecule has 0 bridgehead atoms. The molecule has 0 heterocycles. The first-order valence-electron chi connectivity index (χ1n) is 6.15. The molecule has 0 amide bonds. The molecule has 0 saturated heterocycles. The number of hydrogen-bond acceptors (Lipinski definition) is 2. The first kappa shape index (κ1) is 13.6. The molecular formula is C15H15N3O2. The standard InChI is InChI=1S/C15H15N3O2/c19-14(20)11-16-15(17-12-7-3-1-4-8-12)18-13-9-5-2-6-10-13/h1-10H,11H2,(H,19,20)(H2,16,17,18). The molecule has 3 N–H and O–H groups in total. The summed E-state index contributed by atoms with van der Waals surface area (Å²) in [5.41, 5.74) is 1.57. The third-order valence-corrected chi connectivity index (χ3v) is 2.44. The summed E-state index contributed by atoms with van der Waals surface area (Å²) in [6.45, 7) is -0.203. The molecule has 0 aliphatic rings. The van der Waals surface area contributed by atoms with Crippen molar-refractivity contribution in [1.29, 1.82) is 0 Å². The van der Waals surface area contributed by atoms with Crippen LogP contribution in [0.15, 0.2) is 65.7 Å². The Bertz CT molecular complexity index is 583. The van der Waals surface area contributed by atoms with Crippen LogP contribution in [0.25, 0.3) is 0 Å². The molecule has 2 aromatic carbocycles. The van der Waals surface area contributed by atoms with Gasteiger partial charge < -0.3 is 15.7 Å². The second kappa shape index (κ2) is 6.94. The molecule has 2 rings (SSSR count). The van der Waals surface area contributed by atoms with Crippen molar-refractivity contribution >= 4 is 23.3 Å². The van der Waals surface area contributed by atoms with E-state index < -0.39 is 5.97 Å². The van der Waals surface area contributed by atoms with Gasteiger partial charge in [-0.3, -0.25) is 4.79 Å². The third-order valence-electron chi connectivity index (χ3n) is 2.44. The fourth-order valence-corrected chi connectivity index (χ4v) is 1.56. The molecule has 0 unspecified atom stereocenters. The van der Waals surface area contributed by atoms with Crippen LogP contribution in [0.4, 0.5) is 11.4 Å². The summed E-state index contributed by atoms with van der Waals surface area (Å²) in [4.78, 5) is 15.0. The predicted molar refractivity (Wildman–Crippen MR) is 79.2 cm³/mol. The molecule has 2 aromatic rings. The van der Waals surface area contributed by atoms with Gasteiger partial charge in [-0.1, -0.05) is 36.4 Å². The fourth-order valence-electron chi connectivity index (χ4n) is 1.56. The SMILES string of the molecule is O=C(O)CNC(=Nc1ccccc1)Nc1ccccc1. The zero-order chi connectivity index (χ0) is 14.2. The lowest BCUT2D eigenvalue weighted by Gasteiger charge is -2.11. The Morgan fingerprint density at radius 3 is 2.20 bits per heavy atom. The minimum Gasteiger partial charge on any atom is -0.480 e. The number of guanidine groups is 1. The number of carboxylic acids is 1. The number of anilines is 1. The van der Waals surface area contributed by atoms with E-state index in [0.29, 0.717) is 5.96 Å². The molecule has 20 heavy (non-hydrogen) atoms. The second-order valence-corrected chi connectivity index (χ2v) is 4.03. The van der Waals surface area contributed by atoms with Crippen molar-refractivity contribution in [3.05, 3.63) is 60.7 Å². The number of nitrogens with one attached hydrogen (secondary N) is 2. The number of nitrogens with zero attached hydrogens (tertiary/aromatic N) is 1. The van der Waals surface area contributed by atoms with Gasteiger partial charge in [-0.15, -0.1) is 0 Å². The van der Waals surface area contributed by atoms with Crippen molar-refractivity contribution in [2.75, 3.05) is 11.9 Å². The van der Waals surface area contributed by atoms with Crippen molar-refractivity contribution in [3.63, 3.8) is 0 Å². The number of hydrogen-bond donors (Lipinski definition) is 3. The van der Waals surface area contributed by atoms with E-state index >= 15 is 0 Å². The summed E-state index contributed by atoms with van der Waals surface area (Å²) in [7, 11) is 0. The third kappa shape index (κ3) is 4.45. The van der Waals surface area contributed by atoms with Gasteiger partial charge >= 0.3 is 5.97 Å².